The molecule has 0 aliphatic heterocycles. The smallest absolute Gasteiger partial charge is 0.335 e. The average Bonchev–Trinajstić information content (AvgIpc) is 2.59. The summed E-state index contributed by atoms with van der Waals surface area (Å²) < 4.78 is 15.9. The molecule has 0 saturated heterocycles. The summed E-state index contributed by atoms with van der Waals surface area (Å²) in [5.74, 6) is 0.945. The number of hydrogen-bond donors (Lipinski definition) is 2. The summed E-state index contributed by atoms with van der Waals surface area (Å²) in [6.45, 7) is 0.496. The number of hydrogen-bond acceptors (Lipinski definition) is 5. The van der Waals surface area contributed by atoms with Gasteiger partial charge in [-0.25, -0.2) is 4.79 Å². The van der Waals surface area contributed by atoms with E-state index in [0.29, 0.717) is 23.8 Å². The van der Waals surface area contributed by atoms with Gasteiger partial charge in [0, 0.05) is 23.9 Å². The van der Waals surface area contributed by atoms with E-state index in [2.05, 4.69) is 5.32 Å². The van der Waals surface area contributed by atoms with Crippen LogP contribution in [0.2, 0.25) is 0 Å². The zero-order valence-electron chi connectivity index (χ0n) is 13.3. The highest BCUT2D eigenvalue weighted by Crippen LogP contribution is 2.34. The number of ether oxygens (including phenoxy) is 3. The molecule has 6 heteroatoms. The number of anilines is 1. The summed E-state index contributed by atoms with van der Waals surface area (Å²) in [5.41, 5.74) is 1.96. The first kappa shape index (κ1) is 16.5. The van der Waals surface area contributed by atoms with Crippen LogP contribution in [0.3, 0.4) is 0 Å². The second kappa shape index (κ2) is 7.40. The summed E-state index contributed by atoms with van der Waals surface area (Å²) in [5, 5.41) is 12.1. The van der Waals surface area contributed by atoms with Crippen molar-refractivity contribution in [2.75, 3.05) is 26.6 Å². The number of carboxylic acid groups (broad SMARTS) is 1. The Labute approximate surface area is 134 Å². The molecule has 23 heavy (non-hydrogen) atoms. The second-order valence-electron chi connectivity index (χ2n) is 4.76. The van der Waals surface area contributed by atoms with E-state index in [1.54, 1.807) is 51.7 Å². The Balaban J connectivity index is 2.17. The SMILES string of the molecule is COc1cc(OC)c(OC)cc1CNc1ccc(C(=O)O)cc1. The van der Waals surface area contributed by atoms with Crippen LogP contribution in [0, 0.1) is 0 Å². The lowest BCUT2D eigenvalue weighted by molar-refractivity contribution is 0.0697. The van der Waals surface area contributed by atoms with E-state index in [1.165, 1.54) is 0 Å². The Hall–Kier alpha value is -2.89. The number of carboxylic acids is 1. The first-order chi connectivity index (χ1) is 11.1. The molecule has 0 fully saturated rings. The van der Waals surface area contributed by atoms with Gasteiger partial charge in [0.05, 0.1) is 26.9 Å². The van der Waals surface area contributed by atoms with Crippen LogP contribution in [0.25, 0.3) is 0 Å². The van der Waals surface area contributed by atoms with E-state index in [-0.39, 0.29) is 5.56 Å². The van der Waals surface area contributed by atoms with E-state index < -0.39 is 5.97 Å². The maximum atomic E-state index is 10.8. The van der Waals surface area contributed by atoms with Gasteiger partial charge < -0.3 is 24.6 Å². The molecule has 0 atom stereocenters. The maximum Gasteiger partial charge on any atom is 0.335 e. The van der Waals surface area contributed by atoms with E-state index in [4.69, 9.17) is 19.3 Å². The molecular weight excluding hydrogens is 298 g/mol. The molecule has 0 aliphatic rings. The van der Waals surface area contributed by atoms with Crippen LogP contribution in [0.4, 0.5) is 5.69 Å². The minimum absolute atomic E-state index is 0.249. The molecule has 0 aliphatic carbocycles. The van der Waals surface area contributed by atoms with Crippen molar-refractivity contribution in [1.82, 2.24) is 0 Å². The summed E-state index contributed by atoms with van der Waals surface area (Å²) >= 11 is 0. The third-order valence-corrected chi connectivity index (χ3v) is 3.40. The lowest BCUT2D eigenvalue weighted by atomic mass is 10.1. The fourth-order valence-corrected chi connectivity index (χ4v) is 2.16. The van der Waals surface area contributed by atoms with Crippen molar-refractivity contribution >= 4 is 11.7 Å². The molecule has 2 N–H and O–H groups in total. The Kier molecular flexibility index (Phi) is 5.30. The molecule has 0 amide bonds. The van der Waals surface area contributed by atoms with Crippen LogP contribution in [-0.2, 0) is 6.54 Å². The van der Waals surface area contributed by atoms with Crippen LogP contribution >= 0.6 is 0 Å². The molecule has 2 aromatic rings. The van der Waals surface area contributed by atoms with E-state index in [1.807, 2.05) is 6.07 Å². The fraction of sp³-hybridized carbons (Fsp3) is 0.235. The highest BCUT2D eigenvalue weighted by Gasteiger charge is 2.11. The number of carbonyl (C=O) groups is 1. The van der Waals surface area contributed by atoms with Crippen molar-refractivity contribution in [1.29, 1.82) is 0 Å². The van der Waals surface area contributed by atoms with Crippen LogP contribution in [0.1, 0.15) is 15.9 Å². The topological polar surface area (TPSA) is 77.0 Å². The van der Waals surface area contributed by atoms with Crippen LogP contribution in [-0.4, -0.2) is 32.4 Å². The first-order valence-electron chi connectivity index (χ1n) is 6.95. The summed E-state index contributed by atoms with van der Waals surface area (Å²) in [7, 11) is 4.73. The van der Waals surface area contributed by atoms with Gasteiger partial charge in [-0.2, -0.15) is 0 Å². The van der Waals surface area contributed by atoms with Gasteiger partial charge in [0.25, 0.3) is 0 Å². The lowest BCUT2D eigenvalue weighted by Crippen LogP contribution is -2.04. The van der Waals surface area contributed by atoms with E-state index in [9.17, 15) is 4.79 Å². The van der Waals surface area contributed by atoms with Crippen molar-refractivity contribution in [3.8, 4) is 17.2 Å². The highest BCUT2D eigenvalue weighted by atomic mass is 16.5. The molecule has 0 heterocycles. The van der Waals surface area contributed by atoms with Crippen molar-refractivity contribution in [3.63, 3.8) is 0 Å². The van der Waals surface area contributed by atoms with Crippen LogP contribution in [0.5, 0.6) is 17.2 Å². The standard InChI is InChI=1S/C17H19NO5/c1-21-14-9-16(23-3)15(22-2)8-12(14)10-18-13-6-4-11(5-7-13)17(19)20/h4-9,18H,10H2,1-3H3,(H,19,20). The zero-order chi connectivity index (χ0) is 16.8. The largest absolute Gasteiger partial charge is 0.496 e. The minimum Gasteiger partial charge on any atom is -0.496 e. The van der Waals surface area contributed by atoms with Gasteiger partial charge in [0.1, 0.15) is 5.75 Å². The number of methoxy groups -OCH3 is 3. The lowest BCUT2D eigenvalue weighted by Gasteiger charge is -2.15. The van der Waals surface area contributed by atoms with Gasteiger partial charge in [-0.3, -0.25) is 0 Å². The molecule has 0 saturated carbocycles. The molecule has 122 valence electrons. The molecule has 0 spiro atoms. The Morgan fingerprint density at radius 3 is 2.04 bits per heavy atom. The predicted octanol–water partition coefficient (Wildman–Crippen LogP) is 3.02. The number of aromatic carboxylic acids is 1. The van der Waals surface area contributed by atoms with Gasteiger partial charge in [0.2, 0.25) is 0 Å². The van der Waals surface area contributed by atoms with Crippen molar-refractivity contribution in [2.24, 2.45) is 0 Å². The molecule has 2 aromatic carbocycles. The molecule has 2 rings (SSSR count). The summed E-state index contributed by atoms with van der Waals surface area (Å²) in [6, 6.07) is 10.2. The Morgan fingerprint density at radius 1 is 0.957 bits per heavy atom. The van der Waals surface area contributed by atoms with Crippen LogP contribution < -0.4 is 19.5 Å². The third-order valence-electron chi connectivity index (χ3n) is 3.40. The first-order valence-corrected chi connectivity index (χ1v) is 6.95. The highest BCUT2D eigenvalue weighted by molar-refractivity contribution is 5.88. The van der Waals surface area contributed by atoms with Crippen molar-refractivity contribution in [3.05, 3.63) is 47.5 Å². The van der Waals surface area contributed by atoms with Gasteiger partial charge in [-0.1, -0.05) is 0 Å². The fourth-order valence-electron chi connectivity index (χ4n) is 2.16. The number of rotatable bonds is 7. The van der Waals surface area contributed by atoms with Crippen LogP contribution in [0.15, 0.2) is 36.4 Å². The Morgan fingerprint density at radius 2 is 1.52 bits per heavy atom. The maximum absolute atomic E-state index is 10.8. The minimum atomic E-state index is -0.946. The number of nitrogens with one attached hydrogen (secondary N) is 1. The van der Waals surface area contributed by atoms with Gasteiger partial charge in [-0.15, -0.1) is 0 Å². The van der Waals surface area contributed by atoms with Gasteiger partial charge in [-0.05, 0) is 30.3 Å². The zero-order valence-corrected chi connectivity index (χ0v) is 13.3. The van der Waals surface area contributed by atoms with Crippen molar-refractivity contribution in [2.45, 2.75) is 6.54 Å². The van der Waals surface area contributed by atoms with Gasteiger partial charge in [0.15, 0.2) is 11.5 Å². The average molecular weight is 317 g/mol. The molecule has 0 unspecified atom stereocenters. The quantitative estimate of drug-likeness (QED) is 0.817. The molecular formula is C17H19NO5. The monoisotopic (exact) mass is 317 g/mol. The third kappa shape index (κ3) is 3.85. The Bertz CT molecular complexity index is 682. The molecule has 0 aromatic heterocycles. The molecule has 0 bridgehead atoms. The summed E-state index contributed by atoms with van der Waals surface area (Å²) in [6.07, 6.45) is 0. The predicted molar refractivity (Wildman–Crippen MR) is 86.8 cm³/mol. The molecule has 6 nitrogen and oxygen atoms in total. The van der Waals surface area contributed by atoms with E-state index >= 15 is 0 Å². The van der Waals surface area contributed by atoms with E-state index in [0.717, 1.165) is 11.3 Å². The normalized spacial score (nSPS) is 10.0. The van der Waals surface area contributed by atoms with Gasteiger partial charge >= 0.3 is 5.97 Å². The summed E-state index contributed by atoms with van der Waals surface area (Å²) in [4.78, 5) is 10.8. The van der Waals surface area contributed by atoms with Crippen molar-refractivity contribution < 1.29 is 24.1 Å². The number of benzene rings is 2. The second-order valence-corrected chi connectivity index (χ2v) is 4.76. The molecule has 0 radical (unpaired) electrons.